The number of imidazole rings is 1. The second kappa shape index (κ2) is 5.25. The molecule has 0 amide bonds. The maximum atomic E-state index is 4.36. The molecule has 2 aromatic rings. The average molecular weight is 243 g/mol. The summed E-state index contributed by atoms with van der Waals surface area (Å²) in [7, 11) is 2.02. The predicted octanol–water partition coefficient (Wildman–Crippen LogP) is 3.72. The molecule has 0 aliphatic heterocycles. The average Bonchev–Trinajstić information content (AvgIpc) is 2.76. The summed E-state index contributed by atoms with van der Waals surface area (Å²) in [6.45, 7) is 6.54. The summed E-state index contributed by atoms with van der Waals surface area (Å²) in [6.07, 6.45) is 3.80. The normalized spacial score (nSPS) is 12.7. The van der Waals surface area contributed by atoms with Crippen molar-refractivity contribution in [2.24, 2.45) is 7.05 Å². The second-order valence-corrected chi connectivity index (χ2v) is 5.04. The van der Waals surface area contributed by atoms with Crippen LogP contribution in [0, 0.1) is 0 Å². The van der Waals surface area contributed by atoms with E-state index >= 15 is 0 Å². The highest BCUT2D eigenvalue weighted by Gasteiger charge is 2.09. The first-order valence-corrected chi connectivity index (χ1v) is 6.41. The smallest absolute Gasteiger partial charge is 0.130 e. The van der Waals surface area contributed by atoms with Crippen molar-refractivity contribution < 1.29 is 0 Å². The molecule has 96 valence electrons. The van der Waals surface area contributed by atoms with Gasteiger partial charge in [-0.2, -0.15) is 0 Å². The van der Waals surface area contributed by atoms with Crippen molar-refractivity contribution >= 4 is 5.69 Å². The Kier molecular flexibility index (Phi) is 3.70. The first kappa shape index (κ1) is 12.7. The molecule has 18 heavy (non-hydrogen) atoms. The van der Waals surface area contributed by atoms with Crippen molar-refractivity contribution in [2.75, 3.05) is 5.32 Å². The molecule has 1 atom stereocenters. The fraction of sp³-hybridized carbons (Fsp3) is 0.400. The molecule has 1 heterocycles. The SMILES string of the molecule is CC(C)c1ccc(NC(C)c2nccn2C)cc1. The molecule has 0 bridgehead atoms. The van der Waals surface area contributed by atoms with E-state index in [-0.39, 0.29) is 6.04 Å². The Hall–Kier alpha value is -1.77. The van der Waals surface area contributed by atoms with Crippen LogP contribution in [0.4, 0.5) is 5.69 Å². The van der Waals surface area contributed by atoms with Gasteiger partial charge >= 0.3 is 0 Å². The molecular weight excluding hydrogens is 222 g/mol. The van der Waals surface area contributed by atoms with Gasteiger partial charge in [0.25, 0.3) is 0 Å². The lowest BCUT2D eigenvalue weighted by atomic mass is 10.0. The predicted molar refractivity (Wildman–Crippen MR) is 75.8 cm³/mol. The van der Waals surface area contributed by atoms with Crippen LogP contribution in [-0.2, 0) is 7.05 Å². The third-order valence-electron chi connectivity index (χ3n) is 3.21. The number of anilines is 1. The summed E-state index contributed by atoms with van der Waals surface area (Å²) in [5.41, 5.74) is 2.50. The van der Waals surface area contributed by atoms with Crippen molar-refractivity contribution in [1.29, 1.82) is 0 Å². The fourth-order valence-corrected chi connectivity index (χ4v) is 2.07. The Morgan fingerprint density at radius 3 is 2.28 bits per heavy atom. The molecule has 0 saturated heterocycles. The van der Waals surface area contributed by atoms with E-state index in [1.807, 2.05) is 24.0 Å². The third-order valence-corrected chi connectivity index (χ3v) is 3.21. The zero-order valence-electron chi connectivity index (χ0n) is 11.5. The lowest BCUT2D eigenvalue weighted by Gasteiger charge is -2.15. The topological polar surface area (TPSA) is 29.9 Å². The minimum absolute atomic E-state index is 0.204. The van der Waals surface area contributed by atoms with Gasteiger partial charge in [0.2, 0.25) is 0 Å². The van der Waals surface area contributed by atoms with Crippen LogP contribution in [0.2, 0.25) is 0 Å². The molecule has 0 spiro atoms. The van der Waals surface area contributed by atoms with E-state index in [1.54, 1.807) is 0 Å². The third kappa shape index (κ3) is 2.73. The minimum atomic E-state index is 0.204. The summed E-state index contributed by atoms with van der Waals surface area (Å²) < 4.78 is 2.04. The highest BCUT2D eigenvalue weighted by molar-refractivity contribution is 5.46. The van der Waals surface area contributed by atoms with E-state index in [9.17, 15) is 0 Å². The van der Waals surface area contributed by atoms with Gasteiger partial charge in [-0.1, -0.05) is 26.0 Å². The Balaban J connectivity index is 2.08. The number of benzene rings is 1. The van der Waals surface area contributed by atoms with Gasteiger partial charge in [0.1, 0.15) is 5.82 Å². The van der Waals surface area contributed by atoms with Crippen molar-refractivity contribution in [1.82, 2.24) is 9.55 Å². The van der Waals surface area contributed by atoms with Crippen LogP contribution in [0.5, 0.6) is 0 Å². The summed E-state index contributed by atoms with van der Waals surface area (Å²) >= 11 is 0. The molecule has 1 aromatic heterocycles. The number of hydrogen-bond acceptors (Lipinski definition) is 2. The highest BCUT2D eigenvalue weighted by atomic mass is 15.1. The number of aryl methyl sites for hydroxylation is 1. The molecule has 3 heteroatoms. The highest BCUT2D eigenvalue weighted by Crippen LogP contribution is 2.20. The minimum Gasteiger partial charge on any atom is -0.375 e. The Labute approximate surface area is 109 Å². The number of rotatable bonds is 4. The van der Waals surface area contributed by atoms with E-state index < -0.39 is 0 Å². The molecule has 0 aliphatic carbocycles. The maximum absolute atomic E-state index is 4.36. The van der Waals surface area contributed by atoms with Crippen LogP contribution in [0.25, 0.3) is 0 Å². The van der Waals surface area contributed by atoms with Gasteiger partial charge in [-0.15, -0.1) is 0 Å². The van der Waals surface area contributed by atoms with E-state index in [1.165, 1.54) is 5.56 Å². The molecule has 0 aliphatic rings. The first-order chi connectivity index (χ1) is 8.58. The van der Waals surface area contributed by atoms with Crippen LogP contribution in [0.1, 0.15) is 44.1 Å². The zero-order valence-corrected chi connectivity index (χ0v) is 11.5. The number of aromatic nitrogens is 2. The first-order valence-electron chi connectivity index (χ1n) is 6.41. The van der Waals surface area contributed by atoms with Gasteiger partial charge in [-0.05, 0) is 30.5 Å². The quantitative estimate of drug-likeness (QED) is 0.887. The standard InChI is InChI=1S/C15H21N3/c1-11(2)13-5-7-14(8-6-13)17-12(3)15-16-9-10-18(15)4/h5-12,17H,1-4H3. The van der Waals surface area contributed by atoms with Crippen LogP contribution >= 0.6 is 0 Å². The van der Waals surface area contributed by atoms with Crippen LogP contribution < -0.4 is 5.32 Å². The molecule has 1 N–H and O–H groups in total. The second-order valence-electron chi connectivity index (χ2n) is 5.04. The van der Waals surface area contributed by atoms with E-state index in [4.69, 9.17) is 0 Å². The van der Waals surface area contributed by atoms with Gasteiger partial charge in [0.05, 0.1) is 6.04 Å². The Morgan fingerprint density at radius 2 is 1.78 bits per heavy atom. The van der Waals surface area contributed by atoms with Crippen LogP contribution in [0.15, 0.2) is 36.7 Å². The lowest BCUT2D eigenvalue weighted by Crippen LogP contribution is -2.11. The van der Waals surface area contributed by atoms with Crippen molar-refractivity contribution in [2.45, 2.75) is 32.7 Å². The number of nitrogens with zero attached hydrogens (tertiary/aromatic N) is 2. The summed E-state index contributed by atoms with van der Waals surface area (Å²) in [6, 6.07) is 8.83. The summed E-state index contributed by atoms with van der Waals surface area (Å²) in [5.74, 6) is 1.62. The fourth-order valence-electron chi connectivity index (χ4n) is 2.07. The van der Waals surface area contributed by atoms with Gasteiger partial charge < -0.3 is 9.88 Å². The van der Waals surface area contributed by atoms with Crippen molar-refractivity contribution in [3.63, 3.8) is 0 Å². The lowest BCUT2D eigenvalue weighted by molar-refractivity contribution is 0.721. The Morgan fingerprint density at radius 1 is 1.11 bits per heavy atom. The monoisotopic (exact) mass is 243 g/mol. The van der Waals surface area contributed by atoms with Gasteiger partial charge in [0.15, 0.2) is 0 Å². The van der Waals surface area contributed by atoms with Crippen molar-refractivity contribution in [3.05, 3.63) is 48.0 Å². The van der Waals surface area contributed by atoms with E-state index in [0.29, 0.717) is 5.92 Å². The van der Waals surface area contributed by atoms with E-state index in [0.717, 1.165) is 11.5 Å². The molecule has 3 nitrogen and oxygen atoms in total. The summed E-state index contributed by atoms with van der Waals surface area (Å²) in [4.78, 5) is 4.36. The summed E-state index contributed by atoms with van der Waals surface area (Å²) in [5, 5.41) is 3.47. The molecule has 0 saturated carbocycles. The van der Waals surface area contributed by atoms with Gasteiger partial charge in [-0.25, -0.2) is 4.98 Å². The van der Waals surface area contributed by atoms with Crippen molar-refractivity contribution in [3.8, 4) is 0 Å². The van der Waals surface area contributed by atoms with Gasteiger partial charge in [0, 0.05) is 25.1 Å². The molecule has 2 rings (SSSR count). The Bertz CT molecular complexity index is 497. The molecule has 1 aromatic carbocycles. The molecule has 0 radical (unpaired) electrons. The largest absolute Gasteiger partial charge is 0.375 e. The van der Waals surface area contributed by atoms with E-state index in [2.05, 4.69) is 55.3 Å². The maximum Gasteiger partial charge on any atom is 0.130 e. The van der Waals surface area contributed by atoms with Gasteiger partial charge in [-0.3, -0.25) is 0 Å². The van der Waals surface area contributed by atoms with Crippen LogP contribution in [-0.4, -0.2) is 9.55 Å². The number of nitrogens with one attached hydrogen (secondary N) is 1. The molecule has 0 fully saturated rings. The van der Waals surface area contributed by atoms with Crippen LogP contribution in [0.3, 0.4) is 0 Å². The molecule has 1 unspecified atom stereocenters. The zero-order chi connectivity index (χ0) is 13.1. The number of hydrogen-bond donors (Lipinski definition) is 1. The molecular formula is C15H21N3.